The molecule has 0 aromatic heterocycles. The van der Waals surface area contributed by atoms with Crippen LogP contribution < -0.4 is 0 Å². The van der Waals surface area contributed by atoms with E-state index in [0.717, 1.165) is 16.7 Å². The molecule has 0 heterocycles. The van der Waals surface area contributed by atoms with E-state index >= 15 is 0 Å². The predicted molar refractivity (Wildman–Crippen MR) is 109 cm³/mol. The van der Waals surface area contributed by atoms with Crippen LogP contribution in [-0.2, 0) is 28.6 Å². The van der Waals surface area contributed by atoms with Crippen molar-refractivity contribution < 1.29 is 28.6 Å². The lowest BCUT2D eigenvalue weighted by molar-refractivity contribution is -0.172. The molecule has 0 amide bonds. The van der Waals surface area contributed by atoms with E-state index in [4.69, 9.17) is 14.2 Å². The molecule has 6 nitrogen and oxygen atoms in total. The third-order valence-electron chi connectivity index (χ3n) is 6.08. The van der Waals surface area contributed by atoms with Crippen molar-refractivity contribution in [1.29, 1.82) is 0 Å². The van der Waals surface area contributed by atoms with Crippen LogP contribution in [0.3, 0.4) is 0 Å². The first-order valence-electron chi connectivity index (χ1n) is 10.3. The van der Waals surface area contributed by atoms with Gasteiger partial charge in [0.05, 0.1) is 19.8 Å². The van der Waals surface area contributed by atoms with Gasteiger partial charge in [-0.2, -0.15) is 0 Å². The highest BCUT2D eigenvalue weighted by Gasteiger charge is 2.60. The fourth-order valence-corrected chi connectivity index (χ4v) is 4.28. The lowest BCUT2D eigenvalue weighted by Gasteiger charge is -2.30. The van der Waals surface area contributed by atoms with E-state index < -0.39 is 22.8 Å². The monoisotopic (exact) mass is 404 g/mol. The molecule has 0 N–H and O–H groups in total. The number of carbonyl (C=O) groups excluding carboxylic acids is 3. The zero-order chi connectivity index (χ0) is 21.8. The molecule has 0 aliphatic heterocycles. The van der Waals surface area contributed by atoms with Gasteiger partial charge in [-0.15, -0.1) is 0 Å². The first-order chi connectivity index (χ1) is 13.7. The zero-order valence-electron chi connectivity index (χ0n) is 18.2. The van der Waals surface area contributed by atoms with Crippen LogP contribution in [0.25, 0.3) is 0 Å². The van der Waals surface area contributed by atoms with Crippen molar-refractivity contribution in [3.8, 4) is 0 Å². The summed E-state index contributed by atoms with van der Waals surface area (Å²) in [7, 11) is 0. The average Bonchev–Trinajstić information content (AvgIpc) is 2.93. The number of hydrogen-bond acceptors (Lipinski definition) is 6. The summed E-state index contributed by atoms with van der Waals surface area (Å²) in [6.07, 6.45) is 3.72. The van der Waals surface area contributed by atoms with Crippen molar-refractivity contribution in [3.63, 3.8) is 0 Å². The van der Waals surface area contributed by atoms with Gasteiger partial charge in [-0.05, 0) is 59.0 Å². The summed E-state index contributed by atoms with van der Waals surface area (Å²) in [4.78, 5) is 38.1. The van der Waals surface area contributed by atoms with E-state index in [1.54, 1.807) is 27.7 Å². The number of carbonyl (C=O) groups is 3. The SMILES string of the molecule is C=C1CC/C(=C(/C)C(=O)OCC)C=C2CC(C(=O)OCC)(C(=O)OCC)C[C@]12C. The van der Waals surface area contributed by atoms with Crippen LogP contribution in [0, 0.1) is 10.8 Å². The molecule has 29 heavy (non-hydrogen) atoms. The third kappa shape index (κ3) is 4.16. The average molecular weight is 405 g/mol. The van der Waals surface area contributed by atoms with Crippen LogP contribution in [0.4, 0.5) is 0 Å². The Labute approximate surface area is 173 Å². The molecule has 0 saturated heterocycles. The minimum absolute atomic E-state index is 0.184. The van der Waals surface area contributed by atoms with Crippen molar-refractivity contribution >= 4 is 17.9 Å². The standard InChI is InChI=1S/C23H32O6/c1-7-27-19(24)16(5)17-11-10-15(4)22(6)14-23(13-18(22)12-17,20(25)28-8-2)21(26)29-9-3/h12H,4,7-11,13-14H2,1-3,5-6H3/b17-16+/t22-/m1/s1. The Morgan fingerprint density at radius 3 is 2.07 bits per heavy atom. The van der Waals surface area contributed by atoms with Gasteiger partial charge in [-0.1, -0.05) is 30.7 Å². The molecule has 1 fully saturated rings. The predicted octanol–water partition coefficient (Wildman–Crippen LogP) is 4.06. The first kappa shape index (κ1) is 22.9. The highest BCUT2D eigenvalue weighted by atomic mass is 16.6. The Kier molecular flexibility index (Phi) is 7.09. The summed E-state index contributed by atoms with van der Waals surface area (Å²) in [5, 5.41) is 0. The van der Waals surface area contributed by atoms with Crippen LogP contribution in [-0.4, -0.2) is 37.7 Å². The fraction of sp³-hybridized carbons (Fsp3) is 0.609. The summed E-state index contributed by atoms with van der Waals surface area (Å²) in [6, 6.07) is 0. The van der Waals surface area contributed by atoms with Crippen molar-refractivity contribution in [3.05, 3.63) is 34.9 Å². The largest absolute Gasteiger partial charge is 0.465 e. The normalized spacial score (nSPS) is 24.7. The molecule has 0 bridgehead atoms. The van der Waals surface area contributed by atoms with Gasteiger partial charge < -0.3 is 14.2 Å². The number of esters is 3. The van der Waals surface area contributed by atoms with Gasteiger partial charge in [-0.3, -0.25) is 9.59 Å². The van der Waals surface area contributed by atoms with Crippen LogP contribution in [0.1, 0.15) is 60.3 Å². The maximum absolute atomic E-state index is 12.9. The minimum atomic E-state index is -1.39. The van der Waals surface area contributed by atoms with Gasteiger partial charge in [0, 0.05) is 11.0 Å². The van der Waals surface area contributed by atoms with Gasteiger partial charge in [0.15, 0.2) is 5.41 Å². The summed E-state index contributed by atoms with van der Waals surface area (Å²) in [5.41, 5.74) is 1.30. The van der Waals surface area contributed by atoms with Crippen molar-refractivity contribution in [2.75, 3.05) is 19.8 Å². The zero-order valence-corrected chi connectivity index (χ0v) is 18.2. The highest BCUT2D eigenvalue weighted by Crippen LogP contribution is 2.59. The van der Waals surface area contributed by atoms with E-state index in [1.807, 2.05) is 13.0 Å². The highest BCUT2D eigenvalue weighted by molar-refractivity contribution is 6.01. The number of fused-ring (bicyclic) bond motifs is 1. The number of hydrogen-bond donors (Lipinski definition) is 0. The van der Waals surface area contributed by atoms with Gasteiger partial charge in [-0.25, -0.2) is 4.79 Å². The van der Waals surface area contributed by atoms with Gasteiger partial charge in [0.2, 0.25) is 0 Å². The number of rotatable bonds is 6. The second kappa shape index (κ2) is 8.97. The minimum Gasteiger partial charge on any atom is -0.465 e. The molecule has 0 aromatic carbocycles. The number of allylic oxidation sites excluding steroid dienone is 4. The fourth-order valence-electron chi connectivity index (χ4n) is 4.28. The maximum Gasteiger partial charge on any atom is 0.333 e. The van der Waals surface area contributed by atoms with E-state index in [-0.39, 0.29) is 32.0 Å². The molecule has 2 aliphatic carbocycles. The van der Waals surface area contributed by atoms with Crippen LogP contribution in [0.5, 0.6) is 0 Å². The molecule has 2 aliphatic rings. The molecule has 0 spiro atoms. The quantitative estimate of drug-likeness (QED) is 0.218. The molecule has 1 atom stereocenters. The summed E-state index contributed by atoms with van der Waals surface area (Å²) in [5.74, 6) is -1.48. The van der Waals surface area contributed by atoms with E-state index in [1.165, 1.54) is 0 Å². The van der Waals surface area contributed by atoms with Crippen molar-refractivity contribution in [1.82, 2.24) is 0 Å². The van der Waals surface area contributed by atoms with Gasteiger partial charge >= 0.3 is 17.9 Å². The Morgan fingerprint density at radius 2 is 1.55 bits per heavy atom. The summed E-state index contributed by atoms with van der Waals surface area (Å²) in [6.45, 7) is 13.9. The Morgan fingerprint density at radius 1 is 1.00 bits per heavy atom. The Hall–Kier alpha value is -2.37. The van der Waals surface area contributed by atoms with Crippen LogP contribution >= 0.6 is 0 Å². The van der Waals surface area contributed by atoms with E-state index in [9.17, 15) is 14.4 Å². The smallest absolute Gasteiger partial charge is 0.333 e. The topological polar surface area (TPSA) is 78.9 Å². The van der Waals surface area contributed by atoms with Crippen LogP contribution in [0.2, 0.25) is 0 Å². The second-order valence-corrected chi connectivity index (χ2v) is 7.85. The van der Waals surface area contributed by atoms with Crippen LogP contribution in [0.15, 0.2) is 34.9 Å². The molecular weight excluding hydrogens is 372 g/mol. The second-order valence-electron chi connectivity index (χ2n) is 7.85. The molecule has 1 saturated carbocycles. The molecular formula is C23H32O6. The molecule has 0 aromatic rings. The van der Waals surface area contributed by atoms with Gasteiger partial charge in [0.25, 0.3) is 0 Å². The number of ether oxygens (including phenoxy) is 3. The van der Waals surface area contributed by atoms with Crippen molar-refractivity contribution in [2.24, 2.45) is 10.8 Å². The summed E-state index contributed by atoms with van der Waals surface area (Å²) >= 11 is 0. The first-order valence-corrected chi connectivity index (χ1v) is 10.3. The maximum atomic E-state index is 12.9. The van der Waals surface area contributed by atoms with Gasteiger partial charge in [0.1, 0.15) is 0 Å². The van der Waals surface area contributed by atoms with Crippen molar-refractivity contribution in [2.45, 2.75) is 60.3 Å². The molecule has 6 heteroatoms. The molecule has 160 valence electrons. The third-order valence-corrected chi connectivity index (χ3v) is 6.08. The Balaban J connectivity index is 2.58. The Bertz CT molecular complexity index is 754. The van der Waals surface area contributed by atoms with E-state index in [2.05, 4.69) is 6.58 Å². The van der Waals surface area contributed by atoms with E-state index in [0.29, 0.717) is 25.0 Å². The molecule has 0 radical (unpaired) electrons. The molecule has 2 rings (SSSR count). The lowest BCUT2D eigenvalue weighted by atomic mass is 9.74. The lowest BCUT2D eigenvalue weighted by Crippen LogP contribution is -2.41. The molecule has 0 unspecified atom stereocenters. The summed E-state index contributed by atoms with van der Waals surface area (Å²) < 4.78 is 15.7.